The van der Waals surface area contributed by atoms with Gasteiger partial charge < -0.3 is 15.2 Å². The Hall–Kier alpha value is -2.37. The van der Waals surface area contributed by atoms with Crippen LogP contribution in [-0.4, -0.2) is 35.9 Å². The van der Waals surface area contributed by atoms with Crippen molar-refractivity contribution in [1.29, 1.82) is 0 Å². The topological polar surface area (TPSA) is 92.7 Å². The van der Waals surface area contributed by atoms with E-state index in [4.69, 9.17) is 9.84 Å². The average Bonchev–Trinajstić information content (AvgIpc) is 2.70. The molecule has 155 valence electrons. The maximum absolute atomic E-state index is 12.1. The second-order valence-corrected chi connectivity index (χ2v) is 6.90. The Balaban J connectivity index is 2.29. The van der Waals surface area contributed by atoms with E-state index in [1.165, 1.54) is 38.5 Å². The standard InChI is InChI=1S/C22H32NO5/c1-2-3-4-5-6-7-8-9-17-28-19-14-12-18(13-15-19)21(25)23-20(22(26)27)11-10-16-24/h12-15,20H,2-11,17H2,1H3,(H,23,25)(H,26,27)/t20-/m0/s1. The van der Waals surface area contributed by atoms with E-state index < -0.39 is 17.9 Å². The number of benzene rings is 1. The first-order valence-corrected chi connectivity index (χ1v) is 10.2. The molecule has 1 amide bonds. The molecule has 0 bridgehead atoms. The summed E-state index contributed by atoms with van der Waals surface area (Å²) in [5.41, 5.74) is 0.348. The van der Waals surface area contributed by atoms with Crippen molar-refractivity contribution in [3.05, 3.63) is 29.8 Å². The van der Waals surface area contributed by atoms with Gasteiger partial charge >= 0.3 is 5.97 Å². The van der Waals surface area contributed by atoms with E-state index in [9.17, 15) is 14.4 Å². The third kappa shape index (κ3) is 10.1. The van der Waals surface area contributed by atoms with Gasteiger partial charge in [0.25, 0.3) is 5.91 Å². The number of nitrogens with one attached hydrogen (secondary N) is 1. The largest absolute Gasteiger partial charge is 0.494 e. The third-order valence-corrected chi connectivity index (χ3v) is 4.52. The predicted molar refractivity (Wildman–Crippen MR) is 108 cm³/mol. The molecule has 0 aromatic heterocycles. The summed E-state index contributed by atoms with van der Waals surface area (Å²) in [4.78, 5) is 33.5. The van der Waals surface area contributed by atoms with Crippen LogP contribution < -0.4 is 10.1 Å². The normalized spacial score (nSPS) is 11.6. The lowest BCUT2D eigenvalue weighted by Gasteiger charge is -2.13. The number of ether oxygens (including phenoxy) is 1. The van der Waals surface area contributed by atoms with E-state index in [1.54, 1.807) is 30.6 Å². The molecule has 0 unspecified atom stereocenters. The van der Waals surface area contributed by atoms with Crippen molar-refractivity contribution in [2.45, 2.75) is 77.2 Å². The minimum atomic E-state index is -1.17. The molecule has 0 fully saturated rings. The second kappa shape index (κ2) is 14.7. The summed E-state index contributed by atoms with van der Waals surface area (Å²) in [7, 11) is 0. The van der Waals surface area contributed by atoms with Crippen LogP contribution in [0.2, 0.25) is 0 Å². The molecular formula is C22H32NO5. The van der Waals surface area contributed by atoms with Crippen LogP contribution in [0.1, 0.15) is 81.5 Å². The fourth-order valence-electron chi connectivity index (χ4n) is 2.83. The van der Waals surface area contributed by atoms with Gasteiger partial charge in [0.2, 0.25) is 0 Å². The summed E-state index contributed by atoms with van der Waals surface area (Å²) >= 11 is 0. The maximum Gasteiger partial charge on any atom is 0.326 e. The van der Waals surface area contributed by atoms with Crippen LogP contribution in [0.25, 0.3) is 0 Å². The highest BCUT2D eigenvalue weighted by atomic mass is 16.5. The lowest BCUT2D eigenvalue weighted by atomic mass is 10.1. The quantitative estimate of drug-likeness (QED) is 0.411. The van der Waals surface area contributed by atoms with E-state index in [0.29, 0.717) is 17.9 Å². The molecule has 6 nitrogen and oxygen atoms in total. The predicted octanol–water partition coefficient (Wildman–Crippen LogP) is 4.28. The van der Waals surface area contributed by atoms with E-state index in [1.807, 2.05) is 0 Å². The first-order valence-electron chi connectivity index (χ1n) is 10.2. The van der Waals surface area contributed by atoms with E-state index in [-0.39, 0.29) is 12.8 Å². The molecule has 28 heavy (non-hydrogen) atoms. The number of rotatable bonds is 16. The zero-order valence-corrected chi connectivity index (χ0v) is 16.7. The second-order valence-electron chi connectivity index (χ2n) is 6.90. The molecule has 1 aromatic rings. The smallest absolute Gasteiger partial charge is 0.326 e. The summed E-state index contributed by atoms with van der Waals surface area (Å²) in [6.45, 7) is 2.86. The summed E-state index contributed by atoms with van der Waals surface area (Å²) in [6.07, 6.45) is 11.5. The van der Waals surface area contributed by atoms with Crippen molar-refractivity contribution in [2.24, 2.45) is 0 Å². The van der Waals surface area contributed by atoms with Gasteiger partial charge in [-0.25, -0.2) is 4.79 Å². The summed E-state index contributed by atoms with van der Waals surface area (Å²) in [6, 6.07) is 5.50. The molecule has 0 spiro atoms. The molecule has 1 aromatic carbocycles. The maximum atomic E-state index is 12.1. The van der Waals surface area contributed by atoms with Crippen molar-refractivity contribution < 1.29 is 24.2 Å². The SMILES string of the molecule is CCCCCCCCCCOc1ccc(C(=O)N[C@@H](CC[C]=O)C(=O)O)cc1. The average molecular weight is 391 g/mol. The summed E-state index contributed by atoms with van der Waals surface area (Å²) in [5.74, 6) is -0.980. The first kappa shape index (κ1) is 23.7. The van der Waals surface area contributed by atoms with Gasteiger partial charge in [-0.15, -0.1) is 0 Å². The van der Waals surface area contributed by atoms with Gasteiger partial charge in [-0.1, -0.05) is 51.9 Å². The molecule has 0 saturated heterocycles. The van der Waals surface area contributed by atoms with Gasteiger partial charge in [0, 0.05) is 12.0 Å². The summed E-state index contributed by atoms with van der Waals surface area (Å²) in [5, 5.41) is 11.5. The zero-order valence-electron chi connectivity index (χ0n) is 16.7. The van der Waals surface area contributed by atoms with Crippen LogP contribution in [0.4, 0.5) is 0 Å². The Kier molecular flexibility index (Phi) is 12.4. The van der Waals surface area contributed by atoms with Crippen LogP contribution in [0, 0.1) is 0 Å². The molecular weight excluding hydrogens is 358 g/mol. The number of unbranched alkanes of at least 4 members (excludes halogenated alkanes) is 7. The summed E-state index contributed by atoms with van der Waals surface area (Å²) < 4.78 is 5.69. The van der Waals surface area contributed by atoms with Gasteiger partial charge in [-0.2, -0.15) is 0 Å². The fourth-order valence-corrected chi connectivity index (χ4v) is 2.83. The van der Waals surface area contributed by atoms with Crippen molar-refractivity contribution in [3.63, 3.8) is 0 Å². The Morgan fingerprint density at radius 2 is 1.64 bits per heavy atom. The molecule has 0 saturated carbocycles. The van der Waals surface area contributed by atoms with Gasteiger partial charge in [0.15, 0.2) is 6.29 Å². The lowest BCUT2D eigenvalue weighted by molar-refractivity contribution is -0.139. The Bertz CT molecular complexity index is 585. The number of carboxylic acids is 1. The Labute approximate surface area is 167 Å². The van der Waals surface area contributed by atoms with Crippen LogP contribution >= 0.6 is 0 Å². The highest BCUT2D eigenvalue weighted by Crippen LogP contribution is 2.14. The Morgan fingerprint density at radius 3 is 2.21 bits per heavy atom. The van der Waals surface area contributed by atoms with Gasteiger partial charge in [-0.05, 0) is 37.1 Å². The van der Waals surface area contributed by atoms with Crippen LogP contribution in [-0.2, 0) is 9.59 Å². The van der Waals surface area contributed by atoms with Crippen molar-refractivity contribution >= 4 is 18.2 Å². The molecule has 1 radical (unpaired) electrons. The molecule has 0 aliphatic rings. The van der Waals surface area contributed by atoms with Gasteiger partial charge in [-0.3, -0.25) is 9.59 Å². The number of carbonyl (C=O) groups excluding carboxylic acids is 2. The van der Waals surface area contributed by atoms with Crippen LogP contribution in [0.3, 0.4) is 0 Å². The van der Waals surface area contributed by atoms with Crippen LogP contribution in [0.5, 0.6) is 5.75 Å². The van der Waals surface area contributed by atoms with Gasteiger partial charge in [0.05, 0.1) is 6.61 Å². The molecule has 1 atom stereocenters. The van der Waals surface area contributed by atoms with Gasteiger partial charge in [0.1, 0.15) is 11.8 Å². The molecule has 2 N–H and O–H groups in total. The third-order valence-electron chi connectivity index (χ3n) is 4.52. The molecule has 0 aliphatic carbocycles. The van der Waals surface area contributed by atoms with E-state index >= 15 is 0 Å². The van der Waals surface area contributed by atoms with Crippen molar-refractivity contribution in [3.8, 4) is 5.75 Å². The Morgan fingerprint density at radius 1 is 1.04 bits per heavy atom. The highest BCUT2D eigenvalue weighted by molar-refractivity contribution is 5.96. The number of carboxylic acid groups (broad SMARTS) is 1. The molecule has 0 aliphatic heterocycles. The molecule has 1 rings (SSSR count). The highest BCUT2D eigenvalue weighted by Gasteiger charge is 2.20. The number of carbonyl (C=O) groups is 2. The minimum Gasteiger partial charge on any atom is -0.494 e. The molecule has 6 heteroatoms. The minimum absolute atomic E-state index is 0.0182. The van der Waals surface area contributed by atoms with Crippen molar-refractivity contribution in [2.75, 3.05) is 6.61 Å². The monoisotopic (exact) mass is 390 g/mol. The number of aliphatic carboxylic acids is 1. The number of amides is 1. The first-order chi connectivity index (χ1) is 13.6. The van der Waals surface area contributed by atoms with E-state index in [2.05, 4.69) is 12.2 Å². The number of hydrogen-bond acceptors (Lipinski definition) is 4. The fraction of sp³-hybridized carbons (Fsp3) is 0.591. The van der Waals surface area contributed by atoms with Crippen molar-refractivity contribution in [1.82, 2.24) is 5.32 Å². The lowest BCUT2D eigenvalue weighted by Crippen LogP contribution is -2.40. The molecule has 0 heterocycles. The van der Waals surface area contributed by atoms with E-state index in [0.717, 1.165) is 12.8 Å². The number of hydrogen-bond donors (Lipinski definition) is 2. The van der Waals surface area contributed by atoms with Crippen LogP contribution in [0.15, 0.2) is 24.3 Å². The zero-order chi connectivity index (χ0) is 20.6.